The Hall–Kier alpha value is -4.33. The van der Waals surface area contributed by atoms with Crippen molar-refractivity contribution < 1.29 is 32.2 Å². The number of alkyl halides is 3. The predicted molar refractivity (Wildman–Crippen MR) is 158 cm³/mol. The molecule has 0 heterocycles. The molecule has 0 bridgehead atoms. The lowest BCUT2D eigenvalue weighted by molar-refractivity contribution is -0.140. The Kier molecular flexibility index (Phi) is 11.5. The molecule has 0 spiro atoms. The molecular formula is C34H36F3NO4. The van der Waals surface area contributed by atoms with Crippen molar-refractivity contribution >= 4 is 11.9 Å². The molecule has 42 heavy (non-hydrogen) atoms. The van der Waals surface area contributed by atoms with E-state index in [1.165, 1.54) is 19.2 Å². The molecule has 0 radical (unpaired) electrons. The van der Waals surface area contributed by atoms with Gasteiger partial charge in [-0.3, -0.25) is 9.59 Å². The van der Waals surface area contributed by atoms with Crippen molar-refractivity contribution in [3.8, 4) is 16.9 Å². The van der Waals surface area contributed by atoms with Gasteiger partial charge in [0.2, 0.25) is 0 Å². The van der Waals surface area contributed by atoms with Gasteiger partial charge in [0.25, 0.3) is 5.91 Å². The number of hydrogen-bond acceptors (Lipinski definition) is 4. The number of aryl methyl sites for hydroxylation is 3. The fourth-order valence-electron chi connectivity index (χ4n) is 4.60. The number of nitrogens with one attached hydrogen (secondary N) is 1. The van der Waals surface area contributed by atoms with Gasteiger partial charge in [0.1, 0.15) is 12.4 Å². The summed E-state index contributed by atoms with van der Waals surface area (Å²) in [5, 5.41) is 2.70. The lowest BCUT2D eigenvalue weighted by atomic mass is 9.94. The Labute approximate surface area is 245 Å². The van der Waals surface area contributed by atoms with Crippen LogP contribution < -0.4 is 10.1 Å². The van der Waals surface area contributed by atoms with Crippen LogP contribution >= 0.6 is 0 Å². The van der Waals surface area contributed by atoms with Crippen molar-refractivity contribution in [3.05, 3.63) is 113 Å². The molecule has 0 saturated carbocycles. The number of ether oxygens (including phenoxy) is 2. The third kappa shape index (κ3) is 9.36. The number of amides is 1. The largest absolute Gasteiger partial charge is 0.489 e. The monoisotopic (exact) mass is 579 g/mol. The van der Waals surface area contributed by atoms with Crippen molar-refractivity contribution in [2.45, 2.75) is 45.7 Å². The molecule has 0 aliphatic heterocycles. The quantitative estimate of drug-likeness (QED) is 0.166. The minimum Gasteiger partial charge on any atom is -0.489 e. The van der Waals surface area contributed by atoms with E-state index in [9.17, 15) is 22.8 Å². The summed E-state index contributed by atoms with van der Waals surface area (Å²) in [6.45, 7) is 8.29. The first kappa shape index (κ1) is 32.2. The van der Waals surface area contributed by atoms with E-state index < -0.39 is 11.7 Å². The molecule has 8 heteroatoms. The molecule has 1 amide bonds. The number of rotatable bonds is 13. The Morgan fingerprint density at radius 1 is 0.976 bits per heavy atom. The molecule has 3 aromatic carbocycles. The summed E-state index contributed by atoms with van der Waals surface area (Å²) in [4.78, 5) is 23.4. The molecule has 0 saturated heterocycles. The van der Waals surface area contributed by atoms with Crippen LogP contribution in [-0.4, -0.2) is 32.1 Å². The number of carbonyl (C=O) groups excluding carboxylic acids is 2. The van der Waals surface area contributed by atoms with Crippen LogP contribution in [0.3, 0.4) is 0 Å². The Morgan fingerprint density at radius 3 is 2.19 bits per heavy atom. The highest BCUT2D eigenvalue weighted by atomic mass is 19.4. The van der Waals surface area contributed by atoms with Crippen LogP contribution in [0.5, 0.6) is 5.75 Å². The van der Waals surface area contributed by atoms with Crippen LogP contribution in [0.1, 0.15) is 51.9 Å². The van der Waals surface area contributed by atoms with Crippen LogP contribution in [0.4, 0.5) is 13.2 Å². The standard InChI is InChI=1S/C34H36F3NO4/c1-5-7-26(9-6-8-25-10-12-28(13-11-25)33(40)38-19-18-31(39)41-4)22-42-30-20-23(2)32(24(3)21-30)27-14-16-29(17-15-27)34(35,36)37/h5,9-17,20-21H,1,6-8,18-19,22H2,2-4H3,(H,38,40). The van der Waals surface area contributed by atoms with E-state index in [-0.39, 0.29) is 24.8 Å². The molecule has 3 aromatic rings. The van der Waals surface area contributed by atoms with E-state index in [0.717, 1.165) is 58.4 Å². The zero-order chi connectivity index (χ0) is 30.7. The first-order valence-corrected chi connectivity index (χ1v) is 13.7. The highest BCUT2D eigenvalue weighted by molar-refractivity contribution is 5.94. The zero-order valence-corrected chi connectivity index (χ0v) is 24.1. The second-order valence-electron chi connectivity index (χ2n) is 9.97. The average molecular weight is 580 g/mol. The molecule has 5 nitrogen and oxygen atoms in total. The fourth-order valence-corrected chi connectivity index (χ4v) is 4.60. The van der Waals surface area contributed by atoms with Gasteiger partial charge < -0.3 is 14.8 Å². The summed E-state index contributed by atoms with van der Waals surface area (Å²) < 4.78 is 49.5. The SMILES string of the molecule is C=CCC(=CCCc1ccc(C(=O)NCCC(=O)OC)cc1)COc1cc(C)c(-c2ccc(C(F)(F)F)cc2)c(C)c1. The maximum Gasteiger partial charge on any atom is 0.416 e. The third-order valence-electron chi connectivity index (χ3n) is 6.76. The van der Waals surface area contributed by atoms with Crippen molar-refractivity contribution in [2.75, 3.05) is 20.3 Å². The van der Waals surface area contributed by atoms with Gasteiger partial charge in [-0.05, 0) is 103 Å². The summed E-state index contributed by atoms with van der Waals surface area (Å²) in [6, 6.07) is 16.4. The predicted octanol–water partition coefficient (Wildman–Crippen LogP) is 7.80. The number of benzene rings is 3. The van der Waals surface area contributed by atoms with E-state index in [0.29, 0.717) is 24.3 Å². The van der Waals surface area contributed by atoms with E-state index in [2.05, 4.69) is 22.7 Å². The van der Waals surface area contributed by atoms with Crippen molar-refractivity contribution in [2.24, 2.45) is 0 Å². The molecule has 222 valence electrons. The first-order chi connectivity index (χ1) is 20.0. The highest BCUT2D eigenvalue weighted by Gasteiger charge is 2.30. The number of carbonyl (C=O) groups is 2. The molecule has 0 unspecified atom stereocenters. The normalized spacial score (nSPS) is 11.6. The van der Waals surface area contributed by atoms with Gasteiger partial charge in [0, 0.05) is 12.1 Å². The lowest BCUT2D eigenvalue weighted by Crippen LogP contribution is -2.26. The highest BCUT2D eigenvalue weighted by Crippen LogP contribution is 2.34. The van der Waals surface area contributed by atoms with Gasteiger partial charge in [-0.1, -0.05) is 36.4 Å². The molecule has 0 aliphatic rings. The molecule has 0 aromatic heterocycles. The molecule has 0 fully saturated rings. The maximum atomic E-state index is 13.0. The summed E-state index contributed by atoms with van der Waals surface area (Å²) in [6.07, 6.45) is 1.95. The summed E-state index contributed by atoms with van der Waals surface area (Å²) >= 11 is 0. The van der Waals surface area contributed by atoms with Crippen molar-refractivity contribution in [3.63, 3.8) is 0 Å². The number of hydrogen-bond donors (Lipinski definition) is 1. The first-order valence-electron chi connectivity index (χ1n) is 13.7. The summed E-state index contributed by atoms with van der Waals surface area (Å²) in [5.41, 5.74) is 5.47. The van der Waals surface area contributed by atoms with Crippen molar-refractivity contribution in [1.29, 1.82) is 0 Å². The Morgan fingerprint density at radius 2 is 1.62 bits per heavy atom. The van der Waals surface area contributed by atoms with Crippen LogP contribution in [0.25, 0.3) is 11.1 Å². The molecule has 1 N–H and O–H groups in total. The number of halogens is 3. The molecular weight excluding hydrogens is 543 g/mol. The number of allylic oxidation sites excluding steroid dienone is 2. The Balaban J connectivity index is 1.57. The van der Waals surface area contributed by atoms with E-state index in [1.807, 2.05) is 44.2 Å². The molecule has 0 atom stereocenters. The third-order valence-corrected chi connectivity index (χ3v) is 6.76. The lowest BCUT2D eigenvalue weighted by Gasteiger charge is -2.15. The summed E-state index contributed by atoms with van der Waals surface area (Å²) in [7, 11) is 1.31. The van der Waals surface area contributed by atoms with Crippen LogP contribution in [0.15, 0.2) is 85.0 Å². The summed E-state index contributed by atoms with van der Waals surface area (Å²) in [5.74, 6) is 0.0736. The Bertz CT molecular complexity index is 1390. The molecule has 0 aliphatic carbocycles. The van der Waals surface area contributed by atoms with Gasteiger partial charge in [-0.2, -0.15) is 13.2 Å². The molecule has 3 rings (SSSR count). The maximum absolute atomic E-state index is 13.0. The van der Waals surface area contributed by atoms with Gasteiger partial charge in [0.05, 0.1) is 19.1 Å². The van der Waals surface area contributed by atoms with Gasteiger partial charge in [-0.25, -0.2) is 0 Å². The van der Waals surface area contributed by atoms with E-state index in [4.69, 9.17) is 4.74 Å². The van der Waals surface area contributed by atoms with Crippen molar-refractivity contribution in [1.82, 2.24) is 5.32 Å². The minimum absolute atomic E-state index is 0.122. The minimum atomic E-state index is -4.37. The topological polar surface area (TPSA) is 64.6 Å². The van der Waals surface area contributed by atoms with Gasteiger partial charge >= 0.3 is 12.1 Å². The zero-order valence-electron chi connectivity index (χ0n) is 24.1. The second-order valence-corrected chi connectivity index (χ2v) is 9.97. The average Bonchev–Trinajstić information content (AvgIpc) is 2.95. The van der Waals surface area contributed by atoms with Gasteiger partial charge in [0.15, 0.2) is 0 Å². The van der Waals surface area contributed by atoms with Gasteiger partial charge in [-0.15, -0.1) is 6.58 Å². The van der Waals surface area contributed by atoms with Crippen LogP contribution in [-0.2, 0) is 22.1 Å². The van der Waals surface area contributed by atoms with Crippen LogP contribution in [0, 0.1) is 13.8 Å². The van der Waals surface area contributed by atoms with E-state index >= 15 is 0 Å². The number of methoxy groups -OCH3 is 1. The number of esters is 1. The van der Waals surface area contributed by atoms with E-state index in [1.54, 1.807) is 12.1 Å². The smallest absolute Gasteiger partial charge is 0.416 e. The fraction of sp³-hybridized carbons (Fsp3) is 0.294. The second kappa shape index (κ2) is 15.1. The van der Waals surface area contributed by atoms with Crippen LogP contribution in [0.2, 0.25) is 0 Å².